The quantitative estimate of drug-likeness (QED) is 0.815. The van der Waals surface area contributed by atoms with Gasteiger partial charge in [-0.15, -0.1) is 10.2 Å². The molecule has 2 fully saturated rings. The summed E-state index contributed by atoms with van der Waals surface area (Å²) in [5, 5.41) is 12.5. The zero-order valence-corrected chi connectivity index (χ0v) is 16.2. The monoisotopic (exact) mass is 390 g/mol. The molecule has 0 bridgehead atoms. The zero-order chi connectivity index (χ0) is 17.9. The number of nitrogens with zero attached hydrogens (tertiary/aromatic N) is 3. The number of rotatable bonds is 6. The Morgan fingerprint density at radius 2 is 1.85 bits per heavy atom. The Labute approximate surface area is 159 Å². The molecule has 2 aliphatic rings. The maximum Gasteiger partial charge on any atom is 0.282 e. The van der Waals surface area contributed by atoms with Crippen molar-refractivity contribution >= 4 is 28.0 Å². The molecule has 2 heterocycles. The standard InChI is InChI=1S/C18H22N4O2S2/c23-16(18-21-20-17(25-18)15-5-6-15)19-11-13-1-3-14(4-2-13)12-22-7-9-26(24)10-8-22/h1-4,15H,5-12H2,(H,19,23). The third-order valence-electron chi connectivity index (χ3n) is 4.71. The second kappa shape index (κ2) is 7.94. The number of nitrogens with one attached hydrogen (secondary N) is 1. The van der Waals surface area contributed by atoms with E-state index in [0.29, 0.717) is 17.5 Å². The van der Waals surface area contributed by atoms with E-state index in [9.17, 15) is 9.00 Å². The summed E-state index contributed by atoms with van der Waals surface area (Å²) < 4.78 is 11.4. The Kier molecular flexibility index (Phi) is 5.42. The van der Waals surface area contributed by atoms with E-state index in [1.165, 1.54) is 16.9 Å². The van der Waals surface area contributed by atoms with Gasteiger partial charge in [0.1, 0.15) is 5.01 Å². The summed E-state index contributed by atoms with van der Waals surface area (Å²) in [5.41, 5.74) is 2.31. The summed E-state index contributed by atoms with van der Waals surface area (Å²) in [5.74, 6) is 1.93. The molecule has 1 aliphatic heterocycles. The third kappa shape index (κ3) is 4.55. The third-order valence-corrected chi connectivity index (χ3v) is 7.07. The van der Waals surface area contributed by atoms with Crippen molar-refractivity contribution < 1.29 is 9.00 Å². The van der Waals surface area contributed by atoms with Gasteiger partial charge in [0.2, 0.25) is 5.01 Å². The van der Waals surface area contributed by atoms with E-state index in [1.807, 2.05) is 12.1 Å². The molecule has 2 aromatic rings. The molecule has 1 aliphatic carbocycles. The van der Waals surface area contributed by atoms with Crippen LogP contribution in [-0.2, 0) is 23.9 Å². The first-order valence-corrected chi connectivity index (χ1v) is 11.2. The normalized spacial score (nSPS) is 18.8. The second-order valence-corrected chi connectivity index (χ2v) is 9.55. The number of hydrogen-bond donors (Lipinski definition) is 1. The molecule has 4 rings (SSSR count). The van der Waals surface area contributed by atoms with E-state index in [1.54, 1.807) is 0 Å². The highest BCUT2D eigenvalue weighted by atomic mass is 32.2. The van der Waals surface area contributed by atoms with Crippen LogP contribution in [0.2, 0.25) is 0 Å². The second-order valence-electron chi connectivity index (χ2n) is 6.84. The highest BCUT2D eigenvalue weighted by Crippen LogP contribution is 2.41. The van der Waals surface area contributed by atoms with Gasteiger partial charge in [-0.25, -0.2) is 0 Å². The van der Waals surface area contributed by atoms with Crippen molar-refractivity contribution in [1.82, 2.24) is 20.4 Å². The largest absolute Gasteiger partial charge is 0.346 e. The van der Waals surface area contributed by atoms with Crippen LogP contribution in [0.25, 0.3) is 0 Å². The fraction of sp³-hybridized carbons (Fsp3) is 0.500. The lowest BCUT2D eigenvalue weighted by Gasteiger charge is -2.26. The van der Waals surface area contributed by atoms with Gasteiger partial charge in [0.15, 0.2) is 0 Å². The summed E-state index contributed by atoms with van der Waals surface area (Å²) in [7, 11) is -0.634. The van der Waals surface area contributed by atoms with E-state index >= 15 is 0 Å². The molecule has 8 heteroatoms. The average molecular weight is 391 g/mol. The molecule has 1 saturated heterocycles. The predicted octanol–water partition coefficient (Wildman–Crippen LogP) is 1.91. The van der Waals surface area contributed by atoms with Gasteiger partial charge in [-0.3, -0.25) is 13.9 Å². The summed E-state index contributed by atoms with van der Waals surface area (Å²) in [6.07, 6.45) is 2.33. The molecular weight excluding hydrogens is 368 g/mol. The average Bonchev–Trinajstić information content (AvgIpc) is 3.39. The number of carbonyl (C=O) groups excluding carboxylic acids is 1. The van der Waals surface area contributed by atoms with Crippen LogP contribution in [-0.4, -0.2) is 49.8 Å². The minimum Gasteiger partial charge on any atom is -0.346 e. The number of benzene rings is 1. The Morgan fingerprint density at radius 1 is 1.15 bits per heavy atom. The SMILES string of the molecule is O=C(NCc1ccc(CN2CCS(=O)CC2)cc1)c1nnc(C2CC2)s1. The van der Waals surface area contributed by atoms with Gasteiger partial charge in [-0.1, -0.05) is 35.6 Å². The fourth-order valence-corrected chi connectivity index (χ4v) is 4.99. The van der Waals surface area contributed by atoms with Crippen molar-refractivity contribution in [3.05, 3.63) is 45.4 Å². The van der Waals surface area contributed by atoms with Crippen molar-refractivity contribution in [3.8, 4) is 0 Å². The van der Waals surface area contributed by atoms with Crippen LogP contribution < -0.4 is 5.32 Å². The summed E-state index contributed by atoms with van der Waals surface area (Å²) in [4.78, 5) is 14.5. The van der Waals surface area contributed by atoms with Crippen LogP contribution in [0.1, 0.15) is 44.7 Å². The Balaban J connectivity index is 1.26. The highest BCUT2D eigenvalue weighted by molar-refractivity contribution is 7.85. The van der Waals surface area contributed by atoms with Crippen molar-refractivity contribution in [3.63, 3.8) is 0 Å². The van der Waals surface area contributed by atoms with Gasteiger partial charge in [0.05, 0.1) is 0 Å². The molecule has 1 aromatic heterocycles. The molecular formula is C18H22N4O2S2. The first-order chi connectivity index (χ1) is 12.7. The van der Waals surface area contributed by atoms with Crippen LogP contribution in [0.5, 0.6) is 0 Å². The zero-order valence-electron chi connectivity index (χ0n) is 14.5. The van der Waals surface area contributed by atoms with Gasteiger partial charge >= 0.3 is 0 Å². The lowest BCUT2D eigenvalue weighted by atomic mass is 10.1. The Bertz CT molecular complexity index is 792. The van der Waals surface area contributed by atoms with Gasteiger partial charge in [0.25, 0.3) is 5.91 Å². The Hall–Kier alpha value is -1.64. The fourth-order valence-electron chi connectivity index (χ4n) is 2.93. The maximum atomic E-state index is 12.2. The van der Waals surface area contributed by atoms with Crippen molar-refractivity contribution in [1.29, 1.82) is 0 Å². The predicted molar refractivity (Wildman–Crippen MR) is 103 cm³/mol. The van der Waals surface area contributed by atoms with Crippen LogP contribution in [0, 0.1) is 0 Å². The highest BCUT2D eigenvalue weighted by Gasteiger charge is 2.28. The summed E-state index contributed by atoms with van der Waals surface area (Å²) in [6.45, 7) is 3.17. The number of hydrogen-bond acceptors (Lipinski definition) is 6. The minimum absolute atomic E-state index is 0.153. The minimum atomic E-state index is -0.634. The molecule has 6 nitrogen and oxygen atoms in total. The molecule has 0 radical (unpaired) electrons. The van der Waals surface area contributed by atoms with E-state index in [-0.39, 0.29) is 5.91 Å². The molecule has 1 aromatic carbocycles. The van der Waals surface area contributed by atoms with E-state index in [4.69, 9.17) is 0 Å². The van der Waals surface area contributed by atoms with Gasteiger partial charge in [0, 0.05) is 54.4 Å². The molecule has 0 spiro atoms. The van der Waals surface area contributed by atoms with Crippen molar-refractivity contribution in [2.45, 2.75) is 31.8 Å². The smallest absolute Gasteiger partial charge is 0.282 e. The van der Waals surface area contributed by atoms with Gasteiger partial charge < -0.3 is 5.32 Å². The van der Waals surface area contributed by atoms with Crippen molar-refractivity contribution in [2.24, 2.45) is 0 Å². The molecule has 1 amide bonds. The first-order valence-electron chi connectivity index (χ1n) is 8.94. The molecule has 138 valence electrons. The van der Waals surface area contributed by atoms with Gasteiger partial charge in [-0.2, -0.15) is 0 Å². The topological polar surface area (TPSA) is 75.2 Å². The van der Waals surface area contributed by atoms with E-state index in [2.05, 4.69) is 32.5 Å². The summed E-state index contributed by atoms with van der Waals surface area (Å²) >= 11 is 1.41. The lowest BCUT2D eigenvalue weighted by Crippen LogP contribution is -2.37. The van der Waals surface area contributed by atoms with Crippen LogP contribution in [0.4, 0.5) is 0 Å². The Morgan fingerprint density at radius 3 is 2.54 bits per heavy atom. The van der Waals surface area contributed by atoms with E-state index in [0.717, 1.165) is 54.6 Å². The first kappa shape index (κ1) is 17.8. The molecule has 26 heavy (non-hydrogen) atoms. The van der Waals surface area contributed by atoms with Crippen molar-refractivity contribution in [2.75, 3.05) is 24.6 Å². The summed E-state index contributed by atoms with van der Waals surface area (Å²) in [6, 6.07) is 8.30. The van der Waals surface area contributed by atoms with Crippen LogP contribution >= 0.6 is 11.3 Å². The maximum absolute atomic E-state index is 12.2. The van der Waals surface area contributed by atoms with Crippen LogP contribution in [0.3, 0.4) is 0 Å². The van der Waals surface area contributed by atoms with Crippen LogP contribution in [0.15, 0.2) is 24.3 Å². The van der Waals surface area contributed by atoms with E-state index < -0.39 is 10.8 Å². The molecule has 0 atom stereocenters. The van der Waals surface area contributed by atoms with Gasteiger partial charge in [-0.05, 0) is 24.0 Å². The number of aromatic nitrogens is 2. The molecule has 0 unspecified atom stereocenters. The number of amides is 1. The lowest BCUT2D eigenvalue weighted by molar-refractivity contribution is 0.0950. The molecule has 1 N–H and O–H groups in total. The number of carbonyl (C=O) groups is 1. The molecule has 1 saturated carbocycles.